The number of rotatable bonds is 6. The van der Waals surface area contributed by atoms with Gasteiger partial charge in [0.2, 0.25) is 0 Å². The number of aromatic nitrogens is 2. The summed E-state index contributed by atoms with van der Waals surface area (Å²) < 4.78 is 14.1. The summed E-state index contributed by atoms with van der Waals surface area (Å²) >= 11 is 6.28. The number of fused-ring (bicyclic) bond motifs is 1. The lowest BCUT2D eigenvalue weighted by atomic mass is 9.90. The predicted octanol–water partition coefficient (Wildman–Crippen LogP) is 7.27. The van der Waals surface area contributed by atoms with Crippen molar-refractivity contribution in [3.05, 3.63) is 87.7 Å². The molecule has 0 bridgehead atoms. The second-order valence-electron chi connectivity index (χ2n) is 11.7. The summed E-state index contributed by atoms with van der Waals surface area (Å²) in [6, 6.07) is 16.9. The molecule has 2 atom stereocenters. The molecule has 8 heteroatoms. The number of ether oxygens (including phenoxy) is 2. The Kier molecular flexibility index (Phi) is 7.70. The monoisotopic (exact) mass is 573 g/mol. The van der Waals surface area contributed by atoms with E-state index in [1.165, 1.54) is 4.90 Å². The molecule has 7 nitrogen and oxygen atoms in total. The first-order valence-corrected chi connectivity index (χ1v) is 14.2. The first-order valence-electron chi connectivity index (χ1n) is 13.8. The van der Waals surface area contributed by atoms with Crippen molar-refractivity contribution in [3.8, 4) is 11.1 Å². The van der Waals surface area contributed by atoms with E-state index in [-0.39, 0.29) is 6.61 Å². The van der Waals surface area contributed by atoms with Crippen LogP contribution in [0.5, 0.6) is 0 Å². The van der Waals surface area contributed by atoms with Gasteiger partial charge in [-0.1, -0.05) is 54.1 Å². The van der Waals surface area contributed by atoms with E-state index < -0.39 is 29.7 Å². The molecule has 0 saturated carbocycles. The van der Waals surface area contributed by atoms with Gasteiger partial charge in [0, 0.05) is 40.0 Å². The number of hydrogen-bond acceptors (Lipinski definition) is 5. The van der Waals surface area contributed by atoms with Crippen molar-refractivity contribution < 1.29 is 19.1 Å². The number of cyclic esters (lactones) is 1. The lowest BCUT2D eigenvalue weighted by Gasteiger charge is -2.32. The number of hydrogen-bond donors (Lipinski definition) is 0. The number of amides is 2. The lowest BCUT2D eigenvalue weighted by molar-refractivity contribution is -0.152. The van der Waals surface area contributed by atoms with Gasteiger partial charge in [-0.2, -0.15) is 0 Å². The fourth-order valence-corrected chi connectivity index (χ4v) is 5.73. The summed E-state index contributed by atoms with van der Waals surface area (Å²) in [4.78, 5) is 33.9. The third kappa shape index (κ3) is 5.48. The van der Waals surface area contributed by atoms with Crippen molar-refractivity contribution >= 4 is 34.6 Å². The van der Waals surface area contributed by atoms with Crippen molar-refractivity contribution in [1.82, 2.24) is 14.5 Å². The number of pyridine rings is 1. The Balaban J connectivity index is 1.73. The van der Waals surface area contributed by atoms with Crippen LogP contribution in [-0.4, -0.2) is 44.7 Å². The van der Waals surface area contributed by atoms with Gasteiger partial charge in [0.1, 0.15) is 12.3 Å². The number of carbonyl (C=O) groups excluding carboxylic acids is 2. The van der Waals surface area contributed by atoms with Gasteiger partial charge in [0.25, 0.3) is 5.91 Å². The maximum Gasteiger partial charge on any atom is 0.417 e. The molecule has 2 amide bonds. The number of halogens is 1. The maximum absolute atomic E-state index is 14.6. The van der Waals surface area contributed by atoms with Gasteiger partial charge in [-0.05, 0) is 76.8 Å². The summed E-state index contributed by atoms with van der Waals surface area (Å²) in [5, 5.41) is 1.55. The minimum atomic E-state index is -1.11. The minimum Gasteiger partial charge on any atom is -0.447 e. The second-order valence-corrected chi connectivity index (χ2v) is 12.1. The number of carbonyl (C=O) groups is 2. The molecule has 2 aromatic carbocycles. The summed E-state index contributed by atoms with van der Waals surface area (Å²) in [6.07, 6.45) is -1.29. The van der Waals surface area contributed by atoms with E-state index in [1.807, 2.05) is 89.3 Å². The number of nitrogens with zero attached hydrogens (tertiary/aromatic N) is 3. The van der Waals surface area contributed by atoms with Crippen LogP contribution in [-0.2, 0) is 27.7 Å². The molecule has 3 heterocycles. The van der Waals surface area contributed by atoms with Gasteiger partial charge in [0.15, 0.2) is 6.10 Å². The van der Waals surface area contributed by atoms with Crippen molar-refractivity contribution in [3.63, 3.8) is 0 Å². The zero-order valence-corrected chi connectivity index (χ0v) is 25.4. The van der Waals surface area contributed by atoms with Crippen LogP contribution in [0.1, 0.15) is 55.0 Å². The molecule has 0 N–H and O–H groups in total. The van der Waals surface area contributed by atoms with Crippen molar-refractivity contribution in [1.29, 1.82) is 0 Å². The topological polar surface area (TPSA) is 73.7 Å². The molecule has 0 radical (unpaired) electrons. The maximum atomic E-state index is 14.6. The van der Waals surface area contributed by atoms with Gasteiger partial charge in [0.05, 0.1) is 11.6 Å². The van der Waals surface area contributed by atoms with Gasteiger partial charge in [-0.25, -0.2) is 14.7 Å². The third-order valence-corrected chi connectivity index (χ3v) is 8.00. The zero-order valence-electron chi connectivity index (χ0n) is 24.6. The van der Waals surface area contributed by atoms with E-state index in [9.17, 15) is 9.59 Å². The summed E-state index contributed by atoms with van der Waals surface area (Å²) in [7, 11) is 1.99. The van der Waals surface area contributed by atoms with Gasteiger partial charge >= 0.3 is 6.09 Å². The summed E-state index contributed by atoms with van der Waals surface area (Å²) in [5.74, 6) is -0.465. The number of imide groups is 1. The number of aryl methyl sites for hydroxylation is 3. The molecule has 0 spiro atoms. The Morgan fingerprint density at radius 1 is 1.10 bits per heavy atom. The minimum absolute atomic E-state index is 0.124. The Morgan fingerprint density at radius 3 is 2.39 bits per heavy atom. The van der Waals surface area contributed by atoms with E-state index in [1.54, 1.807) is 0 Å². The van der Waals surface area contributed by atoms with Gasteiger partial charge < -0.3 is 14.0 Å². The molecule has 214 valence electrons. The molecule has 5 rings (SSSR count). The highest BCUT2D eigenvalue weighted by Crippen LogP contribution is 2.43. The standard InChI is InChI=1S/C33H36ClN3O4/c1-19-21(3)36(7)30-26(19)28(23-13-15-24(34)16-14-23)27(20(2)35-30)29(41-33(4,5)6)31(38)37-25(18-40-32(37)39)17-22-11-9-8-10-12-22/h8-16,25,29H,17-18H2,1-7H3. The molecule has 0 aliphatic carbocycles. The molecule has 2 aromatic heterocycles. The molecule has 1 fully saturated rings. The van der Waals surface area contributed by atoms with Crippen LogP contribution in [0.4, 0.5) is 4.79 Å². The molecule has 41 heavy (non-hydrogen) atoms. The fourth-order valence-electron chi connectivity index (χ4n) is 5.61. The van der Waals surface area contributed by atoms with Crippen LogP contribution < -0.4 is 0 Å². The van der Waals surface area contributed by atoms with Crippen LogP contribution in [0.3, 0.4) is 0 Å². The largest absolute Gasteiger partial charge is 0.447 e. The molecule has 1 aliphatic rings. The normalized spacial score (nSPS) is 16.3. The number of benzene rings is 2. The van der Waals surface area contributed by atoms with E-state index in [0.29, 0.717) is 22.7 Å². The van der Waals surface area contributed by atoms with Crippen molar-refractivity contribution in [2.75, 3.05) is 6.61 Å². The highest BCUT2D eigenvalue weighted by molar-refractivity contribution is 6.30. The van der Waals surface area contributed by atoms with Crippen LogP contribution in [0.2, 0.25) is 5.02 Å². The molecule has 2 unspecified atom stereocenters. The smallest absolute Gasteiger partial charge is 0.417 e. The van der Waals surface area contributed by atoms with E-state index >= 15 is 0 Å². The quantitative estimate of drug-likeness (QED) is 0.242. The third-order valence-electron chi connectivity index (χ3n) is 7.75. The zero-order chi connectivity index (χ0) is 29.6. The highest BCUT2D eigenvalue weighted by Gasteiger charge is 2.44. The molecular formula is C33H36ClN3O4. The summed E-state index contributed by atoms with van der Waals surface area (Å²) in [5.41, 5.74) is 6.27. The van der Waals surface area contributed by atoms with Gasteiger partial charge in [-0.3, -0.25) is 4.79 Å². The average Bonchev–Trinajstić information content (AvgIpc) is 3.38. The van der Waals surface area contributed by atoms with E-state index in [4.69, 9.17) is 26.1 Å². The molecule has 4 aromatic rings. The predicted molar refractivity (Wildman–Crippen MR) is 161 cm³/mol. The molecule has 1 aliphatic heterocycles. The molecular weight excluding hydrogens is 538 g/mol. The second kappa shape index (κ2) is 11.0. The van der Waals surface area contributed by atoms with Crippen LogP contribution in [0.25, 0.3) is 22.2 Å². The average molecular weight is 574 g/mol. The Labute approximate surface area is 246 Å². The fraction of sp³-hybridized carbons (Fsp3) is 0.364. The Bertz CT molecular complexity index is 1620. The van der Waals surface area contributed by atoms with Crippen LogP contribution in [0, 0.1) is 20.8 Å². The van der Waals surface area contributed by atoms with E-state index in [0.717, 1.165) is 39.0 Å². The Morgan fingerprint density at radius 2 is 1.76 bits per heavy atom. The first kappa shape index (κ1) is 28.8. The van der Waals surface area contributed by atoms with E-state index in [2.05, 4.69) is 18.4 Å². The van der Waals surface area contributed by atoms with Gasteiger partial charge in [-0.15, -0.1) is 0 Å². The van der Waals surface area contributed by atoms with Crippen LogP contribution >= 0.6 is 11.6 Å². The lowest BCUT2D eigenvalue weighted by Crippen LogP contribution is -2.45. The Hall–Kier alpha value is -3.68. The SMILES string of the molecule is Cc1nc2c(c(C)c(C)n2C)c(-c2ccc(Cl)cc2)c1C(OC(C)(C)C)C(=O)N1C(=O)OCC1Cc1ccccc1. The summed E-state index contributed by atoms with van der Waals surface area (Å²) in [6.45, 7) is 11.8. The van der Waals surface area contributed by atoms with Crippen molar-refractivity contribution in [2.24, 2.45) is 7.05 Å². The molecule has 1 saturated heterocycles. The van der Waals surface area contributed by atoms with Crippen molar-refractivity contribution in [2.45, 2.75) is 65.7 Å². The highest BCUT2D eigenvalue weighted by atomic mass is 35.5. The first-order chi connectivity index (χ1) is 19.4. The van der Waals surface area contributed by atoms with Crippen LogP contribution in [0.15, 0.2) is 54.6 Å².